The summed E-state index contributed by atoms with van der Waals surface area (Å²) in [6, 6.07) is 3.93. The van der Waals surface area contributed by atoms with Crippen LogP contribution in [0.4, 0.5) is 23.7 Å². The second kappa shape index (κ2) is 6.67. The lowest BCUT2D eigenvalue weighted by Crippen LogP contribution is -2.33. The molecule has 0 saturated carbocycles. The first kappa shape index (κ1) is 16.8. The molecule has 1 aromatic carbocycles. The summed E-state index contributed by atoms with van der Waals surface area (Å²) < 4.78 is 42.7. The summed E-state index contributed by atoms with van der Waals surface area (Å²) in [7, 11) is 1.52. The third kappa shape index (κ3) is 4.70. The van der Waals surface area contributed by atoms with Crippen molar-refractivity contribution in [2.24, 2.45) is 0 Å². The van der Waals surface area contributed by atoms with E-state index in [9.17, 15) is 18.0 Å². The highest BCUT2D eigenvalue weighted by atomic mass is 19.4. The van der Waals surface area contributed by atoms with Gasteiger partial charge in [0.05, 0.1) is 5.56 Å². The smallest absolute Gasteiger partial charge is 0.340 e. The lowest BCUT2D eigenvalue weighted by molar-refractivity contribution is -0.137. The third-order valence-corrected chi connectivity index (χ3v) is 3.03. The fourth-order valence-corrected chi connectivity index (χ4v) is 1.80. The van der Waals surface area contributed by atoms with Gasteiger partial charge in [0.1, 0.15) is 0 Å². The number of alkyl halides is 3. The zero-order valence-corrected chi connectivity index (χ0v) is 12.5. The zero-order valence-electron chi connectivity index (χ0n) is 12.5. The number of hydrogen-bond acceptors (Lipinski definition) is 4. The van der Waals surface area contributed by atoms with Gasteiger partial charge in [0, 0.05) is 32.6 Å². The highest BCUT2D eigenvalue weighted by Gasteiger charge is 2.30. The molecule has 0 bridgehead atoms. The predicted molar refractivity (Wildman–Crippen MR) is 75.8 cm³/mol. The topological polar surface area (TPSA) is 71.3 Å². The summed E-state index contributed by atoms with van der Waals surface area (Å²) in [6.45, 7) is 1.95. The van der Waals surface area contributed by atoms with Crippen LogP contribution in [0.1, 0.15) is 17.3 Å². The Morgan fingerprint density at radius 1 is 1.39 bits per heavy atom. The van der Waals surface area contributed by atoms with E-state index in [4.69, 9.17) is 4.52 Å². The molecule has 2 aromatic rings. The lowest BCUT2D eigenvalue weighted by Gasteiger charge is -2.17. The number of likely N-dealkylation sites (N-methyl/N-ethyl adjacent to an activating group) is 1. The molecular weight excluding hydrogens is 313 g/mol. The summed E-state index contributed by atoms with van der Waals surface area (Å²) in [4.78, 5) is 17.3. The monoisotopic (exact) mass is 328 g/mol. The largest absolute Gasteiger partial charge is 0.416 e. The van der Waals surface area contributed by atoms with Crippen molar-refractivity contribution in [3.8, 4) is 0 Å². The Balaban J connectivity index is 1.93. The molecule has 1 heterocycles. The van der Waals surface area contributed by atoms with E-state index >= 15 is 0 Å². The van der Waals surface area contributed by atoms with E-state index in [1.807, 2.05) is 0 Å². The van der Waals surface area contributed by atoms with E-state index in [-0.39, 0.29) is 5.69 Å². The van der Waals surface area contributed by atoms with E-state index in [0.717, 1.165) is 12.1 Å². The van der Waals surface area contributed by atoms with E-state index in [1.54, 1.807) is 6.92 Å². The van der Waals surface area contributed by atoms with Crippen molar-refractivity contribution in [3.63, 3.8) is 0 Å². The number of rotatable bonds is 4. The average molecular weight is 328 g/mol. The van der Waals surface area contributed by atoms with Crippen molar-refractivity contribution in [1.29, 1.82) is 0 Å². The second-order valence-corrected chi connectivity index (χ2v) is 4.91. The lowest BCUT2D eigenvalue weighted by atomic mass is 10.2. The van der Waals surface area contributed by atoms with Crippen molar-refractivity contribution in [1.82, 2.24) is 15.0 Å². The second-order valence-electron chi connectivity index (χ2n) is 4.91. The summed E-state index contributed by atoms with van der Waals surface area (Å²) in [5.41, 5.74) is -0.743. The van der Waals surface area contributed by atoms with Crippen LogP contribution < -0.4 is 5.32 Å². The maximum absolute atomic E-state index is 12.6. The first-order chi connectivity index (χ1) is 10.8. The molecule has 0 aliphatic carbocycles. The number of amides is 2. The standard InChI is InChI=1S/C14H15F3N4O2/c1-9-18-12(20-23-9)6-7-21(2)13(22)19-11-5-3-4-10(8-11)14(15,16)17/h3-5,8H,6-7H2,1-2H3,(H,19,22). The highest BCUT2D eigenvalue weighted by Crippen LogP contribution is 2.30. The number of benzene rings is 1. The van der Waals surface area contributed by atoms with Gasteiger partial charge in [-0.1, -0.05) is 11.2 Å². The van der Waals surface area contributed by atoms with Gasteiger partial charge in [-0.3, -0.25) is 0 Å². The SMILES string of the molecule is Cc1nc(CCN(C)C(=O)Nc2cccc(C(F)(F)F)c2)no1. The van der Waals surface area contributed by atoms with E-state index in [2.05, 4.69) is 15.5 Å². The minimum absolute atomic E-state index is 0.0760. The minimum atomic E-state index is -4.46. The number of hydrogen-bond donors (Lipinski definition) is 1. The van der Waals surface area contributed by atoms with Crippen LogP contribution in [0.25, 0.3) is 0 Å². The van der Waals surface area contributed by atoms with Gasteiger partial charge in [0.2, 0.25) is 5.89 Å². The van der Waals surface area contributed by atoms with E-state index in [0.29, 0.717) is 24.7 Å². The fourth-order valence-electron chi connectivity index (χ4n) is 1.80. The Kier molecular flexibility index (Phi) is 4.87. The van der Waals surface area contributed by atoms with E-state index < -0.39 is 17.8 Å². The number of aromatic nitrogens is 2. The first-order valence-electron chi connectivity index (χ1n) is 6.74. The highest BCUT2D eigenvalue weighted by molar-refractivity contribution is 5.89. The number of anilines is 1. The number of carbonyl (C=O) groups excluding carboxylic acids is 1. The molecular formula is C14H15F3N4O2. The number of aryl methyl sites for hydroxylation is 1. The molecule has 0 aliphatic rings. The molecule has 0 spiro atoms. The van der Waals surface area contributed by atoms with Crippen LogP contribution in [-0.4, -0.2) is 34.7 Å². The van der Waals surface area contributed by atoms with Crippen molar-refractivity contribution in [2.45, 2.75) is 19.5 Å². The number of halogens is 3. The summed E-state index contributed by atoms with van der Waals surface area (Å²) in [5, 5.41) is 6.12. The third-order valence-electron chi connectivity index (χ3n) is 3.03. The molecule has 9 heteroatoms. The van der Waals surface area contributed by atoms with Gasteiger partial charge in [-0.15, -0.1) is 0 Å². The number of urea groups is 1. The van der Waals surface area contributed by atoms with Gasteiger partial charge < -0.3 is 14.7 Å². The Labute approximate surface area is 130 Å². The Hall–Kier alpha value is -2.58. The number of carbonyl (C=O) groups is 1. The molecule has 2 amide bonds. The van der Waals surface area contributed by atoms with Crippen LogP contribution in [0.15, 0.2) is 28.8 Å². The number of nitrogens with one attached hydrogen (secondary N) is 1. The van der Waals surface area contributed by atoms with Crippen molar-refractivity contribution < 1.29 is 22.5 Å². The molecule has 1 aromatic heterocycles. The van der Waals surface area contributed by atoms with Gasteiger partial charge in [-0.05, 0) is 18.2 Å². The Morgan fingerprint density at radius 3 is 2.74 bits per heavy atom. The van der Waals surface area contributed by atoms with E-state index in [1.165, 1.54) is 24.1 Å². The molecule has 2 rings (SSSR count). The van der Waals surface area contributed by atoms with Crippen molar-refractivity contribution in [3.05, 3.63) is 41.5 Å². The Morgan fingerprint density at radius 2 is 2.13 bits per heavy atom. The molecule has 0 unspecified atom stereocenters. The predicted octanol–water partition coefficient (Wildman–Crippen LogP) is 3.10. The molecule has 0 saturated heterocycles. The van der Waals surface area contributed by atoms with Gasteiger partial charge >= 0.3 is 12.2 Å². The molecule has 0 aliphatic heterocycles. The molecule has 0 fully saturated rings. The fraction of sp³-hybridized carbons (Fsp3) is 0.357. The quantitative estimate of drug-likeness (QED) is 0.936. The molecule has 0 radical (unpaired) electrons. The summed E-state index contributed by atoms with van der Waals surface area (Å²) >= 11 is 0. The Bertz CT molecular complexity index is 685. The average Bonchev–Trinajstić information content (AvgIpc) is 2.89. The summed E-state index contributed by atoms with van der Waals surface area (Å²) in [5.74, 6) is 0.886. The molecule has 6 nitrogen and oxygen atoms in total. The molecule has 124 valence electrons. The van der Waals surface area contributed by atoms with Crippen LogP contribution in [0, 0.1) is 6.92 Å². The van der Waals surface area contributed by atoms with Gasteiger partial charge in [-0.25, -0.2) is 4.79 Å². The van der Waals surface area contributed by atoms with Crippen LogP contribution in [0.5, 0.6) is 0 Å². The van der Waals surface area contributed by atoms with Crippen LogP contribution >= 0.6 is 0 Å². The molecule has 23 heavy (non-hydrogen) atoms. The van der Waals surface area contributed by atoms with Crippen molar-refractivity contribution in [2.75, 3.05) is 18.9 Å². The van der Waals surface area contributed by atoms with Gasteiger partial charge in [-0.2, -0.15) is 18.2 Å². The van der Waals surface area contributed by atoms with Crippen LogP contribution in [-0.2, 0) is 12.6 Å². The normalized spacial score (nSPS) is 11.3. The first-order valence-corrected chi connectivity index (χ1v) is 6.74. The maximum atomic E-state index is 12.6. The van der Waals surface area contributed by atoms with Crippen LogP contribution in [0.3, 0.4) is 0 Å². The van der Waals surface area contributed by atoms with Crippen LogP contribution in [0.2, 0.25) is 0 Å². The van der Waals surface area contributed by atoms with Gasteiger partial charge in [0.25, 0.3) is 0 Å². The molecule has 0 atom stereocenters. The maximum Gasteiger partial charge on any atom is 0.416 e. The van der Waals surface area contributed by atoms with Crippen molar-refractivity contribution >= 4 is 11.7 Å². The minimum Gasteiger partial charge on any atom is -0.340 e. The molecule has 1 N–H and O–H groups in total. The summed E-state index contributed by atoms with van der Waals surface area (Å²) in [6.07, 6.45) is -4.08. The van der Waals surface area contributed by atoms with Gasteiger partial charge in [0.15, 0.2) is 5.82 Å². The zero-order chi connectivity index (χ0) is 17.0. The number of nitrogens with zero attached hydrogens (tertiary/aromatic N) is 3.